The van der Waals surface area contributed by atoms with Crippen molar-refractivity contribution in [3.8, 4) is 11.1 Å². The van der Waals surface area contributed by atoms with Crippen molar-refractivity contribution in [1.82, 2.24) is 14.6 Å². The average Bonchev–Trinajstić information content (AvgIpc) is 3.25. The molecular formula is C23H20BrN3O. The Morgan fingerprint density at radius 3 is 2.61 bits per heavy atom. The number of carbonyl (C=O) groups is 1. The van der Waals surface area contributed by atoms with Gasteiger partial charge in [0.05, 0.1) is 11.1 Å². The summed E-state index contributed by atoms with van der Waals surface area (Å²) in [4.78, 5) is 13.2. The van der Waals surface area contributed by atoms with Crippen molar-refractivity contribution in [3.63, 3.8) is 0 Å². The molecule has 5 heteroatoms. The van der Waals surface area contributed by atoms with Crippen molar-refractivity contribution < 1.29 is 4.79 Å². The summed E-state index contributed by atoms with van der Waals surface area (Å²) in [6.45, 7) is 2.21. The molecule has 4 aromatic rings. The maximum absolute atomic E-state index is 13.2. The third-order valence-corrected chi connectivity index (χ3v) is 6.09. The van der Waals surface area contributed by atoms with Gasteiger partial charge in [0.1, 0.15) is 5.82 Å². The summed E-state index contributed by atoms with van der Waals surface area (Å²) in [5.74, 6) is 0.979. The van der Waals surface area contributed by atoms with Gasteiger partial charge in [-0.05, 0) is 30.2 Å². The van der Waals surface area contributed by atoms with Crippen LogP contribution in [0, 0.1) is 0 Å². The smallest absolute Gasteiger partial charge is 0.198 e. The highest BCUT2D eigenvalue weighted by Crippen LogP contribution is 2.43. The number of pyridine rings is 1. The minimum absolute atomic E-state index is 0.0439. The van der Waals surface area contributed by atoms with Gasteiger partial charge in [0, 0.05) is 27.4 Å². The summed E-state index contributed by atoms with van der Waals surface area (Å²) in [6, 6.07) is 14.1. The molecule has 0 radical (unpaired) electrons. The van der Waals surface area contributed by atoms with Crippen molar-refractivity contribution in [2.45, 2.75) is 39.0 Å². The number of halogens is 1. The number of hydrogen-bond acceptors (Lipinski definition) is 3. The zero-order valence-electron chi connectivity index (χ0n) is 15.7. The SMILES string of the molecule is CCCCCCc1nnc2c3c(c4cc(Br)ccc4n12)-c1ccccc1C3=O. The van der Waals surface area contributed by atoms with Crippen LogP contribution in [0.4, 0.5) is 0 Å². The lowest BCUT2D eigenvalue weighted by atomic mass is 10.0. The minimum Gasteiger partial charge on any atom is -0.288 e. The molecule has 2 aromatic heterocycles. The highest BCUT2D eigenvalue weighted by atomic mass is 79.9. The van der Waals surface area contributed by atoms with E-state index in [1.165, 1.54) is 19.3 Å². The summed E-state index contributed by atoms with van der Waals surface area (Å²) in [6.07, 6.45) is 5.57. The Bertz CT molecular complexity index is 1240. The number of nitrogens with zero attached hydrogens (tertiary/aromatic N) is 3. The second-order valence-corrected chi connectivity index (χ2v) is 8.29. The monoisotopic (exact) mass is 433 g/mol. The van der Waals surface area contributed by atoms with Gasteiger partial charge in [0.15, 0.2) is 11.4 Å². The molecule has 0 saturated carbocycles. The Morgan fingerprint density at radius 2 is 1.79 bits per heavy atom. The Balaban J connectivity index is 1.80. The minimum atomic E-state index is 0.0439. The van der Waals surface area contributed by atoms with Crippen LogP contribution in [0.5, 0.6) is 0 Å². The van der Waals surface area contributed by atoms with Crippen LogP contribution in [0.3, 0.4) is 0 Å². The van der Waals surface area contributed by atoms with Gasteiger partial charge in [0.2, 0.25) is 0 Å². The van der Waals surface area contributed by atoms with E-state index in [9.17, 15) is 4.79 Å². The van der Waals surface area contributed by atoms with Gasteiger partial charge < -0.3 is 0 Å². The molecular weight excluding hydrogens is 414 g/mol. The van der Waals surface area contributed by atoms with Gasteiger partial charge in [-0.2, -0.15) is 0 Å². The molecule has 0 unspecified atom stereocenters. The van der Waals surface area contributed by atoms with Crippen molar-refractivity contribution in [1.29, 1.82) is 0 Å². The van der Waals surface area contributed by atoms with Crippen molar-refractivity contribution in [2.24, 2.45) is 0 Å². The molecule has 4 nitrogen and oxygen atoms in total. The largest absolute Gasteiger partial charge is 0.288 e. The predicted octanol–water partition coefficient (Wildman–Crippen LogP) is 5.98. The molecule has 2 heterocycles. The lowest BCUT2D eigenvalue weighted by Crippen LogP contribution is -2.03. The molecule has 0 atom stereocenters. The van der Waals surface area contributed by atoms with Crippen LogP contribution in [0.2, 0.25) is 0 Å². The van der Waals surface area contributed by atoms with Crippen LogP contribution in [0.1, 0.15) is 54.4 Å². The van der Waals surface area contributed by atoms with E-state index in [1.54, 1.807) is 0 Å². The summed E-state index contributed by atoms with van der Waals surface area (Å²) < 4.78 is 3.09. The van der Waals surface area contributed by atoms with E-state index in [0.29, 0.717) is 11.2 Å². The lowest BCUT2D eigenvalue weighted by molar-refractivity contribution is 0.104. The Morgan fingerprint density at radius 1 is 0.964 bits per heavy atom. The van der Waals surface area contributed by atoms with E-state index in [2.05, 4.69) is 49.6 Å². The van der Waals surface area contributed by atoms with Crippen LogP contribution in [0.25, 0.3) is 27.7 Å². The zero-order chi connectivity index (χ0) is 19.3. The standard InChI is InChI=1S/C23H20BrN3O/c1-2-3-4-5-10-19-25-26-23-21-20(15-8-6-7-9-16(15)22(21)28)17-13-14(24)11-12-18(17)27(19)23/h6-9,11-13H,2-5,10H2,1H3. The van der Waals surface area contributed by atoms with E-state index in [-0.39, 0.29) is 5.78 Å². The summed E-state index contributed by atoms with van der Waals surface area (Å²) >= 11 is 3.60. The first-order valence-corrected chi connectivity index (χ1v) is 10.6. The fourth-order valence-electron chi connectivity index (χ4n) is 4.28. The average molecular weight is 434 g/mol. The fraction of sp³-hybridized carbons (Fsp3) is 0.261. The molecule has 1 aliphatic carbocycles. The first kappa shape index (κ1) is 17.6. The number of unbranched alkanes of at least 4 members (excludes halogenated alkanes) is 3. The van der Waals surface area contributed by atoms with Gasteiger partial charge in [0.25, 0.3) is 0 Å². The second-order valence-electron chi connectivity index (χ2n) is 7.37. The highest BCUT2D eigenvalue weighted by Gasteiger charge is 2.32. The first-order chi connectivity index (χ1) is 13.7. The molecule has 0 bridgehead atoms. The number of aromatic nitrogens is 3. The summed E-state index contributed by atoms with van der Waals surface area (Å²) in [5, 5.41) is 10.0. The topological polar surface area (TPSA) is 47.3 Å². The number of fused-ring (bicyclic) bond motifs is 8. The molecule has 5 rings (SSSR count). The van der Waals surface area contributed by atoms with E-state index < -0.39 is 0 Å². The quantitative estimate of drug-likeness (QED) is 0.320. The maximum Gasteiger partial charge on any atom is 0.198 e. The van der Waals surface area contributed by atoms with Crippen molar-refractivity contribution in [3.05, 3.63) is 63.9 Å². The van der Waals surface area contributed by atoms with Crippen molar-refractivity contribution >= 4 is 38.3 Å². The van der Waals surface area contributed by atoms with E-state index in [0.717, 1.165) is 50.7 Å². The molecule has 0 amide bonds. The van der Waals surface area contributed by atoms with Crippen LogP contribution in [-0.4, -0.2) is 20.4 Å². The highest BCUT2D eigenvalue weighted by molar-refractivity contribution is 9.10. The van der Waals surface area contributed by atoms with E-state index in [4.69, 9.17) is 0 Å². The van der Waals surface area contributed by atoms with Crippen LogP contribution < -0.4 is 0 Å². The number of benzene rings is 2. The van der Waals surface area contributed by atoms with Crippen LogP contribution in [-0.2, 0) is 6.42 Å². The number of carbonyl (C=O) groups excluding carboxylic acids is 1. The molecule has 1 aliphatic rings. The number of rotatable bonds is 5. The second kappa shape index (κ2) is 6.82. The summed E-state index contributed by atoms with van der Waals surface area (Å²) in [5.41, 5.74) is 5.13. The zero-order valence-corrected chi connectivity index (χ0v) is 17.3. The van der Waals surface area contributed by atoms with Gasteiger partial charge in [-0.3, -0.25) is 9.20 Å². The van der Waals surface area contributed by atoms with Crippen LogP contribution >= 0.6 is 15.9 Å². The van der Waals surface area contributed by atoms with E-state index >= 15 is 0 Å². The molecule has 0 aliphatic heterocycles. The summed E-state index contributed by atoms with van der Waals surface area (Å²) in [7, 11) is 0. The van der Waals surface area contributed by atoms with Crippen molar-refractivity contribution in [2.75, 3.05) is 0 Å². The normalized spacial score (nSPS) is 12.7. The number of aryl methyl sites for hydroxylation is 1. The molecule has 2 aromatic carbocycles. The fourth-order valence-corrected chi connectivity index (χ4v) is 4.64. The lowest BCUT2D eigenvalue weighted by Gasteiger charge is -2.11. The Labute approximate surface area is 171 Å². The maximum atomic E-state index is 13.2. The third kappa shape index (κ3) is 2.53. The number of hydrogen-bond donors (Lipinski definition) is 0. The number of ketones is 1. The van der Waals surface area contributed by atoms with Crippen LogP contribution in [0.15, 0.2) is 46.9 Å². The molecule has 0 saturated heterocycles. The predicted molar refractivity (Wildman–Crippen MR) is 115 cm³/mol. The molecule has 140 valence electrons. The first-order valence-electron chi connectivity index (χ1n) is 9.84. The van der Waals surface area contributed by atoms with Gasteiger partial charge in [-0.25, -0.2) is 0 Å². The van der Waals surface area contributed by atoms with Gasteiger partial charge >= 0.3 is 0 Å². The molecule has 0 spiro atoms. The molecule has 0 fully saturated rings. The molecule has 0 N–H and O–H groups in total. The van der Waals surface area contributed by atoms with Gasteiger partial charge in [-0.15, -0.1) is 10.2 Å². The van der Waals surface area contributed by atoms with Gasteiger partial charge in [-0.1, -0.05) is 66.4 Å². The van der Waals surface area contributed by atoms with E-state index in [1.807, 2.05) is 30.3 Å². The third-order valence-electron chi connectivity index (χ3n) is 5.59. The Hall–Kier alpha value is -2.53. The Kier molecular flexibility index (Phi) is 4.27. The molecule has 28 heavy (non-hydrogen) atoms.